The summed E-state index contributed by atoms with van der Waals surface area (Å²) >= 11 is 0.815. The number of nitrogens with one attached hydrogen (secondary N) is 2. The zero-order valence-electron chi connectivity index (χ0n) is 20.7. The van der Waals surface area contributed by atoms with Crippen LogP contribution in [0, 0.1) is 0 Å². The summed E-state index contributed by atoms with van der Waals surface area (Å²) in [6, 6.07) is 26.6. The highest BCUT2D eigenvalue weighted by Gasteiger charge is 2.33. The molecule has 0 aliphatic carbocycles. The maximum Gasteiger partial charge on any atom is 0.271 e. The summed E-state index contributed by atoms with van der Waals surface area (Å²) in [6.45, 7) is 0. The third-order valence-electron chi connectivity index (χ3n) is 6.33. The minimum Gasteiger partial charge on any atom is -0.362 e. The zero-order valence-corrected chi connectivity index (χ0v) is 23.1. The van der Waals surface area contributed by atoms with Gasteiger partial charge in [-0.3, -0.25) is 14.4 Å². The Morgan fingerprint density at radius 3 is 2.35 bits per heavy atom. The number of fused-ring (bicyclic) bond motifs is 1. The van der Waals surface area contributed by atoms with Gasteiger partial charge in [0.25, 0.3) is 15.9 Å². The first kappa shape index (κ1) is 25.8. The molecule has 2 N–H and O–H groups in total. The van der Waals surface area contributed by atoms with E-state index in [2.05, 4.69) is 9.71 Å². The number of sulfonamides is 1. The molecular weight excluding hydrogens is 567 g/mol. The van der Waals surface area contributed by atoms with E-state index in [0.29, 0.717) is 16.9 Å². The lowest BCUT2D eigenvalue weighted by molar-refractivity contribution is -0.112. The van der Waals surface area contributed by atoms with Crippen LogP contribution in [0.3, 0.4) is 0 Å². The van der Waals surface area contributed by atoms with Gasteiger partial charge in [-0.1, -0.05) is 42.5 Å². The molecule has 1 aliphatic heterocycles. The molecule has 200 valence electrons. The standard InChI is InChI=1S/C29H21N3O5S3/c33-29-26(17-20-9-7-15-30-20)25-13-4-5-14-27(25)32(29)22-10-6-8-21(16-22)31-40(36,37)28-18-24(19-38-28)39(34,35)23-11-2-1-3-12-23/h1-19,30-31H. The fourth-order valence-electron chi connectivity index (χ4n) is 4.46. The van der Waals surface area contributed by atoms with Crippen molar-refractivity contribution >= 4 is 65.8 Å². The van der Waals surface area contributed by atoms with E-state index in [0.717, 1.165) is 28.7 Å². The predicted octanol–water partition coefficient (Wildman–Crippen LogP) is 5.93. The first-order valence-electron chi connectivity index (χ1n) is 12.0. The van der Waals surface area contributed by atoms with Gasteiger partial charge in [0.1, 0.15) is 4.21 Å². The van der Waals surface area contributed by atoms with Crippen LogP contribution in [-0.2, 0) is 24.7 Å². The molecule has 2 aromatic heterocycles. The number of H-pyrrole nitrogens is 1. The summed E-state index contributed by atoms with van der Waals surface area (Å²) in [5, 5.41) is 1.31. The monoisotopic (exact) mass is 587 g/mol. The van der Waals surface area contributed by atoms with Gasteiger partial charge < -0.3 is 4.98 Å². The molecule has 0 fully saturated rings. The quantitative estimate of drug-likeness (QED) is 0.229. The second kappa shape index (κ2) is 9.94. The molecule has 0 radical (unpaired) electrons. The van der Waals surface area contributed by atoms with E-state index in [1.165, 1.54) is 22.4 Å². The van der Waals surface area contributed by atoms with Gasteiger partial charge in [-0.15, -0.1) is 11.3 Å². The van der Waals surface area contributed by atoms with Gasteiger partial charge in [0.15, 0.2) is 0 Å². The summed E-state index contributed by atoms with van der Waals surface area (Å²) in [5.74, 6) is -0.246. The van der Waals surface area contributed by atoms with Crippen molar-refractivity contribution in [1.29, 1.82) is 0 Å². The maximum atomic E-state index is 13.6. The lowest BCUT2D eigenvalue weighted by Crippen LogP contribution is -2.20. The number of nitrogens with zero attached hydrogens (tertiary/aromatic N) is 1. The number of aromatic amines is 1. The van der Waals surface area contributed by atoms with E-state index in [1.807, 2.05) is 36.4 Å². The number of carbonyl (C=O) groups excluding carboxylic acids is 1. The molecule has 6 rings (SSSR count). The van der Waals surface area contributed by atoms with Crippen molar-refractivity contribution in [1.82, 2.24) is 4.98 Å². The van der Waals surface area contributed by atoms with Crippen LogP contribution in [0.4, 0.5) is 17.1 Å². The number of para-hydroxylation sites is 1. The molecule has 1 aliphatic rings. The molecule has 3 aromatic carbocycles. The number of hydrogen-bond donors (Lipinski definition) is 2. The van der Waals surface area contributed by atoms with E-state index in [9.17, 15) is 21.6 Å². The number of amides is 1. The predicted molar refractivity (Wildman–Crippen MR) is 156 cm³/mol. The lowest BCUT2D eigenvalue weighted by Gasteiger charge is -2.18. The third-order valence-corrected chi connectivity index (χ3v) is 11.0. The van der Waals surface area contributed by atoms with Gasteiger partial charge in [0.05, 0.1) is 32.4 Å². The van der Waals surface area contributed by atoms with Gasteiger partial charge in [0.2, 0.25) is 9.84 Å². The molecule has 5 aromatic rings. The van der Waals surface area contributed by atoms with E-state index >= 15 is 0 Å². The van der Waals surface area contributed by atoms with Crippen LogP contribution in [0.5, 0.6) is 0 Å². The number of benzene rings is 3. The molecule has 0 saturated heterocycles. The van der Waals surface area contributed by atoms with Crippen LogP contribution >= 0.6 is 11.3 Å². The number of anilines is 3. The third kappa shape index (κ3) is 4.64. The van der Waals surface area contributed by atoms with Crippen molar-refractivity contribution in [3.8, 4) is 0 Å². The van der Waals surface area contributed by atoms with Gasteiger partial charge in [-0.05, 0) is 60.7 Å². The summed E-state index contributed by atoms with van der Waals surface area (Å²) in [5.41, 5.74) is 3.44. The second-order valence-electron chi connectivity index (χ2n) is 8.91. The summed E-state index contributed by atoms with van der Waals surface area (Å²) in [7, 11) is -7.97. The molecule has 8 nitrogen and oxygen atoms in total. The summed E-state index contributed by atoms with van der Waals surface area (Å²) in [6.07, 6.45) is 3.56. The first-order chi connectivity index (χ1) is 19.2. The van der Waals surface area contributed by atoms with Gasteiger partial charge >= 0.3 is 0 Å². The Labute approximate surface area is 235 Å². The van der Waals surface area contributed by atoms with Gasteiger partial charge in [-0.2, -0.15) is 0 Å². The Morgan fingerprint density at radius 1 is 0.800 bits per heavy atom. The minimum absolute atomic E-state index is 0.0812. The minimum atomic E-state index is -4.11. The number of aromatic nitrogens is 1. The van der Waals surface area contributed by atoms with E-state index in [-0.39, 0.29) is 25.6 Å². The summed E-state index contributed by atoms with van der Waals surface area (Å²) in [4.78, 5) is 18.2. The van der Waals surface area contributed by atoms with E-state index in [1.54, 1.807) is 54.7 Å². The van der Waals surface area contributed by atoms with Crippen LogP contribution in [0.1, 0.15) is 11.3 Å². The number of carbonyl (C=O) groups is 1. The number of sulfone groups is 1. The average molecular weight is 588 g/mol. The van der Waals surface area contributed by atoms with Crippen LogP contribution < -0.4 is 9.62 Å². The van der Waals surface area contributed by atoms with Crippen LogP contribution in [0.25, 0.3) is 11.6 Å². The Kier molecular flexibility index (Phi) is 6.41. The largest absolute Gasteiger partial charge is 0.362 e. The highest BCUT2D eigenvalue weighted by atomic mass is 32.2. The number of rotatable bonds is 7. The fourth-order valence-corrected chi connectivity index (χ4v) is 8.41. The number of thiophene rings is 1. The van der Waals surface area contributed by atoms with Crippen LogP contribution in [0.2, 0.25) is 0 Å². The Morgan fingerprint density at radius 2 is 1.57 bits per heavy atom. The van der Waals surface area contributed by atoms with Crippen molar-refractivity contribution in [3.63, 3.8) is 0 Å². The molecule has 0 atom stereocenters. The molecule has 40 heavy (non-hydrogen) atoms. The van der Waals surface area contributed by atoms with Gasteiger partial charge in [0, 0.05) is 22.8 Å². The highest BCUT2D eigenvalue weighted by molar-refractivity contribution is 7.95. The molecule has 0 saturated carbocycles. The topological polar surface area (TPSA) is 116 Å². The van der Waals surface area contributed by atoms with Crippen LogP contribution in [-0.4, -0.2) is 27.7 Å². The molecule has 11 heteroatoms. The van der Waals surface area contributed by atoms with Gasteiger partial charge in [-0.25, -0.2) is 16.8 Å². The zero-order chi connectivity index (χ0) is 27.9. The van der Waals surface area contributed by atoms with E-state index in [4.69, 9.17) is 0 Å². The SMILES string of the molecule is O=C1C(=Cc2ccc[nH]2)c2ccccc2N1c1cccc(NS(=O)(=O)c2cc(S(=O)(=O)c3ccccc3)cs2)c1. The molecule has 0 bridgehead atoms. The van der Waals surface area contributed by atoms with E-state index < -0.39 is 19.9 Å². The number of hydrogen-bond acceptors (Lipinski definition) is 6. The molecule has 3 heterocycles. The molecule has 0 unspecified atom stereocenters. The Bertz CT molecular complexity index is 1980. The smallest absolute Gasteiger partial charge is 0.271 e. The van der Waals surface area contributed by atoms with Crippen molar-refractivity contribution in [2.24, 2.45) is 0 Å². The molecule has 0 spiro atoms. The lowest BCUT2D eigenvalue weighted by atomic mass is 10.1. The highest BCUT2D eigenvalue weighted by Crippen LogP contribution is 2.42. The van der Waals surface area contributed by atoms with Crippen molar-refractivity contribution in [3.05, 3.63) is 120 Å². The summed E-state index contributed by atoms with van der Waals surface area (Å²) < 4.78 is 54.7. The Balaban J connectivity index is 1.30. The van der Waals surface area contributed by atoms with Crippen molar-refractivity contribution in [2.45, 2.75) is 14.0 Å². The fraction of sp³-hybridized carbons (Fsp3) is 0. The van der Waals surface area contributed by atoms with Crippen LogP contribution in [0.15, 0.2) is 123 Å². The van der Waals surface area contributed by atoms with Crippen molar-refractivity contribution < 1.29 is 21.6 Å². The Hall–Kier alpha value is -4.45. The molecular formula is C29H21N3O5S3. The van der Waals surface area contributed by atoms with Crippen molar-refractivity contribution in [2.75, 3.05) is 9.62 Å². The maximum absolute atomic E-state index is 13.6. The second-order valence-corrected chi connectivity index (χ2v) is 13.7. The first-order valence-corrected chi connectivity index (χ1v) is 15.9. The average Bonchev–Trinajstić information content (AvgIpc) is 3.71. The normalized spacial score (nSPS) is 14.4. The molecule has 1 amide bonds.